The van der Waals surface area contributed by atoms with Gasteiger partial charge in [-0.3, -0.25) is 9.59 Å². The normalized spacial score (nSPS) is 10.9. The van der Waals surface area contributed by atoms with Gasteiger partial charge in [0.2, 0.25) is 0 Å². The van der Waals surface area contributed by atoms with Crippen molar-refractivity contribution >= 4 is 11.8 Å². The molecule has 4 nitrogen and oxygen atoms in total. The maximum atomic E-state index is 12.5. The number of hydrogen-bond donors (Lipinski definition) is 2. The molecule has 3 rings (SSSR count). The van der Waals surface area contributed by atoms with Crippen LogP contribution in [-0.4, -0.2) is 21.8 Å². The van der Waals surface area contributed by atoms with E-state index in [1.165, 1.54) is 48.8 Å². The van der Waals surface area contributed by atoms with Gasteiger partial charge in [0.05, 0.1) is 0 Å². The SMILES string of the molecule is O=C(O)CCCc1cc(C(=O)CCc2ccc(CCCCCCc3ccccc3)cc2)c[nH]1. The minimum absolute atomic E-state index is 0.121. The molecular weight excluding hydrogens is 410 g/mol. The Kier molecular flexibility index (Phi) is 9.96. The average Bonchev–Trinajstić information content (AvgIpc) is 3.30. The lowest BCUT2D eigenvalue weighted by Crippen LogP contribution is -2.00. The van der Waals surface area contributed by atoms with E-state index in [4.69, 9.17) is 5.11 Å². The molecule has 0 aliphatic rings. The van der Waals surface area contributed by atoms with Gasteiger partial charge in [-0.15, -0.1) is 0 Å². The van der Waals surface area contributed by atoms with E-state index in [0.717, 1.165) is 18.5 Å². The second kappa shape index (κ2) is 13.4. The highest BCUT2D eigenvalue weighted by Crippen LogP contribution is 2.15. The molecule has 3 aromatic rings. The molecule has 2 N–H and O–H groups in total. The highest BCUT2D eigenvalue weighted by atomic mass is 16.4. The molecule has 0 atom stereocenters. The second-order valence-electron chi connectivity index (χ2n) is 8.80. The Labute approximate surface area is 197 Å². The Balaban J connectivity index is 1.31. The molecule has 0 fully saturated rings. The van der Waals surface area contributed by atoms with Crippen molar-refractivity contribution in [3.8, 4) is 0 Å². The number of aryl methyl sites for hydroxylation is 4. The molecule has 1 heterocycles. The standard InChI is InChI=1S/C29H35NO3/c31-28(26-21-27(30-22-26)13-8-14-29(32)33)20-19-25-17-15-24(16-18-25)12-5-2-1-4-9-23-10-6-3-7-11-23/h3,6-7,10-11,15-18,21-22,30H,1-2,4-5,8-9,12-14,19-20H2,(H,32,33). The van der Waals surface area contributed by atoms with E-state index >= 15 is 0 Å². The van der Waals surface area contributed by atoms with Crippen molar-refractivity contribution in [2.75, 3.05) is 0 Å². The Morgan fingerprint density at radius 2 is 1.27 bits per heavy atom. The fourth-order valence-corrected chi connectivity index (χ4v) is 4.11. The number of carboxylic acid groups (broad SMARTS) is 1. The van der Waals surface area contributed by atoms with Crippen LogP contribution < -0.4 is 0 Å². The largest absolute Gasteiger partial charge is 0.481 e. The van der Waals surface area contributed by atoms with Crippen molar-refractivity contribution in [2.45, 2.75) is 70.6 Å². The van der Waals surface area contributed by atoms with Gasteiger partial charge < -0.3 is 10.1 Å². The minimum Gasteiger partial charge on any atom is -0.481 e. The summed E-state index contributed by atoms with van der Waals surface area (Å²) >= 11 is 0. The van der Waals surface area contributed by atoms with Crippen LogP contribution in [0.25, 0.3) is 0 Å². The van der Waals surface area contributed by atoms with Crippen LogP contribution in [0, 0.1) is 0 Å². The predicted octanol–water partition coefficient (Wildman–Crippen LogP) is 6.58. The van der Waals surface area contributed by atoms with Gasteiger partial charge in [0.15, 0.2) is 5.78 Å². The molecule has 0 aliphatic carbocycles. The number of benzene rings is 2. The zero-order valence-corrected chi connectivity index (χ0v) is 19.4. The van der Waals surface area contributed by atoms with Crippen LogP contribution in [0.3, 0.4) is 0 Å². The fraction of sp³-hybridized carbons (Fsp3) is 0.379. The summed E-state index contributed by atoms with van der Waals surface area (Å²) in [5, 5.41) is 8.73. The van der Waals surface area contributed by atoms with E-state index in [1.54, 1.807) is 6.20 Å². The van der Waals surface area contributed by atoms with Gasteiger partial charge in [-0.05, 0) is 67.7 Å². The number of hydrogen-bond acceptors (Lipinski definition) is 2. The lowest BCUT2D eigenvalue weighted by molar-refractivity contribution is -0.137. The first-order chi connectivity index (χ1) is 16.1. The van der Waals surface area contributed by atoms with E-state index in [0.29, 0.717) is 24.8 Å². The summed E-state index contributed by atoms with van der Waals surface area (Å²) < 4.78 is 0. The van der Waals surface area contributed by atoms with Crippen LogP contribution in [0.15, 0.2) is 66.9 Å². The Hall–Kier alpha value is -3.14. The van der Waals surface area contributed by atoms with Crippen LogP contribution in [0.2, 0.25) is 0 Å². The molecule has 0 bridgehead atoms. The summed E-state index contributed by atoms with van der Waals surface area (Å²) in [5.41, 5.74) is 5.59. The Morgan fingerprint density at radius 1 is 0.667 bits per heavy atom. The van der Waals surface area contributed by atoms with Gasteiger partial charge in [0, 0.05) is 30.3 Å². The summed E-state index contributed by atoms with van der Waals surface area (Å²) in [7, 11) is 0. The number of rotatable bonds is 15. The molecule has 0 radical (unpaired) electrons. The summed E-state index contributed by atoms with van der Waals surface area (Å²) in [4.78, 5) is 26.2. The number of carbonyl (C=O) groups excluding carboxylic acids is 1. The number of unbranched alkanes of at least 4 members (excludes halogenated alkanes) is 3. The Bertz CT molecular complexity index is 989. The number of aromatic amines is 1. The zero-order chi connectivity index (χ0) is 23.3. The van der Waals surface area contributed by atoms with Crippen molar-refractivity contribution < 1.29 is 14.7 Å². The topological polar surface area (TPSA) is 70.2 Å². The zero-order valence-electron chi connectivity index (χ0n) is 19.4. The molecule has 0 saturated carbocycles. The molecule has 1 aromatic heterocycles. The summed E-state index contributed by atoms with van der Waals surface area (Å²) in [6.07, 6.45) is 11.6. The van der Waals surface area contributed by atoms with E-state index in [2.05, 4.69) is 59.6 Å². The molecule has 0 unspecified atom stereocenters. The maximum absolute atomic E-state index is 12.5. The first-order valence-electron chi connectivity index (χ1n) is 12.1. The van der Waals surface area contributed by atoms with Gasteiger partial charge in [-0.1, -0.05) is 67.4 Å². The molecule has 2 aromatic carbocycles. The number of Topliss-reactive ketones (excluding diaryl/α,β-unsaturated/α-hetero) is 1. The number of aromatic nitrogens is 1. The summed E-state index contributed by atoms with van der Waals surface area (Å²) in [6, 6.07) is 21.2. The lowest BCUT2D eigenvalue weighted by atomic mass is 10.0. The van der Waals surface area contributed by atoms with E-state index in [9.17, 15) is 9.59 Å². The van der Waals surface area contributed by atoms with Crippen LogP contribution in [0.5, 0.6) is 0 Å². The summed E-state index contributed by atoms with van der Waals surface area (Å²) in [5.74, 6) is -0.668. The molecule has 0 saturated heterocycles. The first-order valence-corrected chi connectivity index (χ1v) is 12.1. The lowest BCUT2D eigenvalue weighted by Gasteiger charge is -2.05. The van der Waals surface area contributed by atoms with E-state index in [-0.39, 0.29) is 12.2 Å². The van der Waals surface area contributed by atoms with Gasteiger partial charge >= 0.3 is 5.97 Å². The third-order valence-electron chi connectivity index (χ3n) is 6.09. The molecule has 174 valence electrons. The molecular formula is C29H35NO3. The van der Waals surface area contributed by atoms with Crippen molar-refractivity contribution in [1.82, 2.24) is 4.98 Å². The van der Waals surface area contributed by atoms with E-state index in [1.807, 2.05) is 6.07 Å². The molecule has 0 aliphatic heterocycles. The number of H-pyrrole nitrogens is 1. The average molecular weight is 446 g/mol. The Morgan fingerprint density at radius 3 is 1.91 bits per heavy atom. The predicted molar refractivity (Wildman–Crippen MR) is 133 cm³/mol. The molecule has 0 spiro atoms. The third kappa shape index (κ3) is 9.09. The quantitative estimate of drug-likeness (QED) is 0.205. The highest BCUT2D eigenvalue weighted by molar-refractivity contribution is 5.96. The highest BCUT2D eigenvalue weighted by Gasteiger charge is 2.09. The van der Waals surface area contributed by atoms with Gasteiger partial charge in [-0.2, -0.15) is 0 Å². The molecule has 4 heteroatoms. The molecule has 0 amide bonds. The van der Waals surface area contributed by atoms with Gasteiger partial charge in [0.25, 0.3) is 0 Å². The van der Waals surface area contributed by atoms with E-state index < -0.39 is 5.97 Å². The number of nitrogens with one attached hydrogen (secondary N) is 1. The van der Waals surface area contributed by atoms with Crippen LogP contribution in [0.4, 0.5) is 0 Å². The fourth-order valence-electron chi connectivity index (χ4n) is 4.11. The van der Waals surface area contributed by atoms with Crippen molar-refractivity contribution in [1.29, 1.82) is 0 Å². The van der Waals surface area contributed by atoms with Crippen LogP contribution in [-0.2, 0) is 30.5 Å². The third-order valence-corrected chi connectivity index (χ3v) is 6.09. The van der Waals surface area contributed by atoms with Gasteiger partial charge in [-0.25, -0.2) is 0 Å². The number of carboxylic acids is 1. The minimum atomic E-state index is -0.789. The monoisotopic (exact) mass is 445 g/mol. The summed E-state index contributed by atoms with van der Waals surface area (Å²) in [6.45, 7) is 0. The second-order valence-corrected chi connectivity index (χ2v) is 8.80. The van der Waals surface area contributed by atoms with Crippen molar-refractivity contribution in [3.63, 3.8) is 0 Å². The van der Waals surface area contributed by atoms with Crippen molar-refractivity contribution in [2.24, 2.45) is 0 Å². The van der Waals surface area contributed by atoms with Crippen LogP contribution in [0.1, 0.15) is 77.7 Å². The number of carbonyl (C=O) groups is 2. The first kappa shape index (κ1) is 24.5. The van der Waals surface area contributed by atoms with Crippen molar-refractivity contribution in [3.05, 3.63) is 94.8 Å². The number of ketones is 1. The smallest absolute Gasteiger partial charge is 0.303 e. The van der Waals surface area contributed by atoms with Gasteiger partial charge in [0.1, 0.15) is 0 Å². The molecule has 33 heavy (non-hydrogen) atoms. The maximum Gasteiger partial charge on any atom is 0.303 e. The van der Waals surface area contributed by atoms with Crippen LogP contribution >= 0.6 is 0 Å². The number of aliphatic carboxylic acids is 1.